The number of amides is 1. The highest BCUT2D eigenvalue weighted by molar-refractivity contribution is 7.09. The predicted octanol–water partition coefficient (Wildman–Crippen LogP) is 2.27. The summed E-state index contributed by atoms with van der Waals surface area (Å²) in [5.41, 5.74) is 10.6. The number of benzene rings is 1. The first-order valence-electron chi connectivity index (χ1n) is 5.62. The molecule has 0 aliphatic heterocycles. The zero-order chi connectivity index (χ0) is 13.1. The van der Waals surface area contributed by atoms with Gasteiger partial charge in [-0.15, -0.1) is 11.3 Å². The van der Waals surface area contributed by atoms with Crippen LogP contribution >= 0.6 is 11.3 Å². The minimum atomic E-state index is -0.104. The molecule has 18 heavy (non-hydrogen) atoms. The number of nitrogens with one attached hydrogen (secondary N) is 1. The highest BCUT2D eigenvalue weighted by Gasteiger charge is 2.11. The third-order valence-corrected chi connectivity index (χ3v) is 3.81. The van der Waals surface area contributed by atoms with E-state index < -0.39 is 0 Å². The quantitative estimate of drug-likeness (QED) is 0.833. The number of carbonyl (C=O) groups excluding carboxylic acids is 1. The summed E-state index contributed by atoms with van der Waals surface area (Å²) >= 11 is 1.54. The number of anilines is 1. The number of nitrogens with two attached hydrogens (primary N) is 1. The number of aryl methyl sites for hydroxylation is 1. The van der Waals surface area contributed by atoms with Crippen LogP contribution in [0, 0.1) is 13.8 Å². The molecule has 0 radical (unpaired) electrons. The van der Waals surface area contributed by atoms with Gasteiger partial charge in [-0.05, 0) is 31.5 Å². The van der Waals surface area contributed by atoms with E-state index in [9.17, 15) is 4.79 Å². The summed E-state index contributed by atoms with van der Waals surface area (Å²) in [6.07, 6.45) is 0. The Hall–Kier alpha value is -1.88. The zero-order valence-electron chi connectivity index (χ0n) is 10.4. The van der Waals surface area contributed by atoms with Crippen LogP contribution in [0.15, 0.2) is 23.7 Å². The van der Waals surface area contributed by atoms with Crippen molar-refractivity contribution in [2.75, 3.05) is 5.73 Å². The van der Waals surface area contributed by atoms with E-state index in [2.05, 4.69) is 10.3 Å². The van der Waals surface area contributed by atoms with Crippen LogP contribution in [0.3, 0.4) is 0 Å². The van der Waals surface area contributed by atoms with E-state index >= 15 is 0 Å². The van der Waals surface area contributed by atoms with Crippen LogP contribution in [0.25, 0.3) is 0 Å². The maximum atomic E-state index is 12.0. The Morgan fingerprint density at radius 3 is 2.89 bits per heavy atom. The van der Waals surface area contributed by atoms with E-state index in [0.29, 0.717) is 17.8 Å². The van der Waals surface area contributed by atoms with Crippen LogP contribution in [0.4, 0.5) is 5.69 Å². The average Bonchev–Trinajstić information content (AvgIpc) is 2.75. The zero-order valence-corrected chi connectivity index (χ0v) is 11.2. The number of carbonyl (C=O) groups is 1. The third-order valence-electron chi connectivity index (χ3n) is 2.87. The average molecular weight is 261 g/mol. The van der Waals surface area contributed by atoms with Gasteiger partial charge >= 0.3 is 0 Å². The van der Waals surface area contributed by atoms with Gasteiger partial charge in [-0.3, -0.25) is 4.79 Å². The summed E-state index contributed by atoms with van der Waals surface area (Å²) in [4.78, 5) is 17.3. The largest absolute Gasteiger partial charge is 0.398 e. The molecule has 0 fully saturated rings. The van der Waals surface area contributed by atoms with Crippen LogP contribution in [0.1, 0.15) is 26.5 Å². The number of nitrogens with zero attached hydrogens (tertiary/aromatic N) is 1. The Morgan fingerprint density at radius 2 is 2.22 bits per heavy atom. The lowest BCUT2D eigenvalue weighted by Crippen LogP contribution is -2.23. The molecule has 2 rings (SSSR count). The molecule has 0 saturated heterocycles. The van der Waals surface area contributed by atoms with Crippen LogP contribution in [-0.4, -0.2) is 10.9 Å². The van der Waals surface area contributed by atoms with E-state index in [1.54, 1.807) is 35.0 Å². The number of rotatable bonds is 3. The van der Waals surface area contributed by atoms with Gasteiger partial charge in [0.2, 0.25) is 0 Å². The standard InChI is InChI=1S/C13H15N3OS/c1-8-10(4-3-5-11(8)14)13(17)15-6-12-9(2)16-7-18-12/h3-5,7H,6,14H2,1-2H3,(H,15,17). The van der Waals surface area contributed by atoms with E-state index in [0.717, 1.165) is 16.1 Å². The molecule has 0 unspecified atom stereocenters. The molecule has 2 aromatic rings. The number of thiazole rings is 1. The van der Waals surface area contributed by atoms with Gasteiger partial charge in [0.15, 0.2) is 0 Å². The Labute approximate surface area is 110 Å². The molecule has 0 spiro atoms. The SMILES string of the molecule is Cc1ncsc1CNC(=O)c1cccc(N)c1C. The molecule has 0 atom stereocenters. The van der Waals surface area contributed by atoms with Crippen molar-refractivity contribution < 1.29 is 4.79 Å². The first-order chi connectivity index (χ1) is 8.59. The lowest BCUT2D eigenvalue weighted by molar-refractivity contribution is 0.0950. The minimum absolute atomic E-state index is 0.104. The summed E-state index contributed by atoms with van der Waals surface area (Å²) in [5, 5.41) is 2.89. The molecule has 0 aliphatic carbocycles. The summed E-state index contributed by atoms with van der Waals surface area (Å²) in [7, 11) is 0. The van der Waals surface area contributed by atoms with Crippen LogP contribution in [0.5, 0.6) is 0 Å². The highest BCUT2D eigenvalue weighted by atomic mass is 32.1. The highest BCUT2D eigenvalue weighted by Crippen LogP contribution is 2.16. The van der Waals surface area contributed by atoms with Gasteiger partial charge in [0.05, 0.1) is 17.7 Å². The molecular weight excluding hydrogens is 246 g/mol. The van der Waals surface area contributed by atoms with E-state index in [-0.39, 0.29) is 5.91 Å². The fourth-order valence-corrected chi connectivity index (χ4v) is 2.37. The number of hydrogen-bond donors (Lipinski definition) is 2. The van der Waals surface area contributed by atoms with E-state index in [1.165, 1.54) is 0 Å². The van der Waals surface area contributed by atoms with E-state index in [4.69, 9.17) is 5.73 Å². The van der Waals surface area contributed by atoms with Crippen molar-refractivity contribution >= 4 is 22.9 Å². The van der Waals surface area contributed by atoms with Gasteiger partial charge in [0, 0.05) is 16.1 Å². The smallest absolute Gasteiger partial charge is 0.251 e. The first-order valence-corrected chi connectivity index (χ1v) is 6.50. The summed E-state index contributed by atoms with van der Waals surface area (Å²) in [6.45, 7) is 4.29. The minimum Gasteiger partial charge on any atom is -0.398 e. The van der Waals surface area contributed by atoms with Gasteiger partial charge in [-0.2, -0.15) is 0 Å². The van der Waals surface area contributed by atoms with Crippen molar-refractivity contribution in [2.24, 2.45) is 0 Å². The second kappa shape index (κ2) is 5.18. The molecule has 5 heteroatoms. The van der Waals surface area contributed by atoms with Crippen LogP contribution in [0.2, 0.25) is 0 Å². The van der Waals surface area contributed by atoms with Gasteiger partial charge in [-0.25, -0.2) is 4.98 Å². The van der Waals surface area contributed by atoms with Gasteiger partial charge < -0.3 is 11.1 Å². The third kappa shape index (κ3) is 2.51. The van der Waals surface area contributed by atoms with Crippen molar-refractivity contribution in [3.63, 3.8) is 0 Å². The second-order valence-corrected chi connectivity index (χ2v) is 5.00. The predicted molar refractivity (Wildman–Crippen MR) is 73.6 cm³/mol. The normalized spacial score (nSPS) is 10.3. The number of aromatic nitrogens is 1. The van der Waals surface area contributed by atoms with Gasteiger partial charge in [-0.1, -0.05) is 6.07 Å². The van der Waals surface area contributed by atoms with Crippen molar-refractivity contribution in [3.8, 4) is 0 Å². The monoisotopic (exact) mass is 261 g/mol. The molecule has 4 nitrogen and oxygen atoms in total. The molecule has 1 amide bonds. The fraction of sp³-hybridized carbons (Fsp3) is 0.231. The molecule has 1 heterocycles. The van der Waals surface area contributed by atoms with Crippen molar-refractivity contribution in [1.29, 1.82) is 0 Å². The van der Waals surface area contributed by atoms with Crippen molar-refractivity contribution in [3.05, 3.63) is 45.4 Å². The van der Waals surface area contributed by atoms with Crippen LogP contribution in [-0.2, 0) is 6.54 Å². The summed E-state index contributed by atoms with van der Waals surface area (Å²) in [5.74, 6) is -0.104. The second-order valence-electron chi connectivity index (χ2n) is 4.06. The maximum absolute atomic E-state index is 12.0. The Morgan fingerprint density at radius 1 is 1.44 bits per heavy atom. The molecular formula is C13H15N3OS. The molecule has 1 aromatic heterocycles. The molecule has 94 valence electrons. The number of nitrogen functional groups attached to an aromatic ring is 1. The van der Waals surface area contributed by atoms with Crippen molar-refractivity contribution in [2.45, 2.75) is 20.4 Å². The Balaban J connectivity index is 2.09. The number of hydrogen-bond acceptors (Lipinski definition) is 4. The Bertz CT molecular complexity index is 577. The molecule has 3 N–H and O–H groups in total. The lowest BCUT2D eigenvalue weighted by Gasteiger charge is -2.08. The Kier molecular flexibility index (Phi) is 3.62. The summed E-state index contributed by atoms with van der Waals surface area (Å²) in [6, 6.07) is 5.36. The molecule has 1 aromatic carbocycles. The van der Waals surface area contributed by atoms with Gasteiger partial charge in [0.1, 0.15) is 0 Å². The maximum Gasteiger partial charge on any atom is 0.251 e. The topological polar surface area (TPSA) is 68.0 Å². The first kappa shape index (κ1) is 12.6. The van der Waals surface area contributed by atoms with Crippen molar-refractivity contribution in [1.82, 2.24) is 10.3 Å². The van der Waals surface area contributed by atoms with Crippen LogP contribution < -0.4 is 11.1 Å². The van der Waals surface area contributed by atoms with E-state index in [1.807, 2.05) is 13.8 Å². The molecule has 0 aliphatic rings. The fourth-order valence-electron chi connectivity index (χ4n) is 1.65. The van der Waals surface area contributed by atoms with Gasteiger partial charge in [0.25, 0.3) is 5.91 Å². The molecule has 0 bridgehead atoms. The lowest BCUT2D eigenvalue weighted by atomic mass is 10.1. The molecule has 0 saturated carbocycles. The summed E-state index contributed by atoms with van der Waals surface area (Å²) < 4.78 is 0.